The van der Waals surface area contributed by atoms with E-state index < -0.39 is 0 Å². The Labute approximate surface area is 48.2 Å². The van der Waals surface area contributed by atoms with Crippen LogP contribution >= 0.6 is 0 Å². The van der Waals surface area contributed by atoms with Crippen LogP contribution in [-0.2, 0) is 0 Å². The standard InChI is InChI=1S/C6H8N2/c1-2-3-6-4-5-7-8-6/h2-5H,1H3,(H,7,8)/b3-2+. The first-order valence-corrected chi connectivity index (χ1v) is 2.56. The Hall–Kier alpha value is -1.05. The molecule has 0 atom stereocenters. The molecule has 1 N–H and O–H groups in total. The number of aromatic amines is 1. The van der Waals surface area contributed by atoms with Crippen LogP contribution in [0, 0.1) is 0 Å². The Morgan fingerprint density at radius 3 is 3.12 bits per heavy atom. The predicted molar refractivity (Wildman–Crippen MR) is 33.3 cm³/mol. The smallest absolute Gasteiger partial charge is 0.0845 e. The van der Waals surface area contributed by atoms with Crippen LogP contribution in [0.2, 0.25) is 0 Å². The number of H-pyrrole nitrogens is 1. The van der Waals surface area contributed by atoms with Gasteiger partial charge in [-0.2, -0.15) is 5.10 Å². The summed E-state index contributed by atoms with van der Waals surface area (Å²) in [5.74, 6) is 0. The molecule has 0 aliphatic carbocycles. The molecule has 0 saturated heterocycles. The molecule has 0 bridgehead atoms. The third kappa shape index (κ3) is 0.964. The molecular formula is C6H8N2. The zero-order valence-electron chi connectivity index (χ0n) is 4.76. The summed E-state index contributed by atoms with van der Waals surface area (Å²) in [6, 6.07) is 1.92. The summed E-state index contributed by atoms with van der Waals surface area (Å²) < 4.78 is 0. The van der Waals surface area contributed by atoms with Crippen LogP contribution in [0.5, 0.6) is 0 Å². The van der Waals surface area contributed by atoms with Crippen molar-refractivity contribution in [2.24, 2.45) is 0 Å². The maximum absolute atomic E-state index is 3.89. The lowest BCUT2D eigenvalue weighted by atomic mass is 10.4. The summed E-state index contributed by atoms with van der Waals surface area (Å²) in [7, 11) is 0. The molecule has 1 rings (SSSR count). The number of hydrogen-bond donors (Lipinski definition) is 1. The molecule has 0 fully saturated rings. The highest BCUT2D eigenvalue weighted by atomic mass is 15.1. The predicted octanol–water partition coefficient (Wildman–Crippen LogP) is 1.44. The summed E-state index contributed by atoms with van der Waals surface area (Å²) in [6.07, 6.45) is 5.70. The van der Waals surface area contributed by atoms with Gasteiger partial charge in [-0.05, 0) is 19.1 Å². The van der Waals surface area contributed by atoms with Gasteiger partial charge < -0.3 is 0 Å². The number of nitrogens with one attached hydrogen (secondary N) is 1. The monoisotopic (exact) mass is 108 g/mol. The molecule has 0 unspecified atom stereocenters. The molecule has 1 aromatic heterocycles. The van der Waals surface area contributed by atoms with Crippen molar-refractivity contribution in [3.8, 4) is 0 Å². The van der Waals surface area contributed by atoms with E-state index in [0.29, 0.717) is 0 Å². The van der Waals surface area contributed by atoms with E-state index in [1.54, 1.807) is 6.20 Å². The first-order valence-electron chi connectivity index (χ1n) is 2.56. The molecule has 0 aliphatic heterocycles. The highest BCUT2D eigenvalue weighted by Gasteiger charge is 1.80. The topological polar surface area (TPSA) is 28.7 Å². The van der Waals surface area contributed by atoms with Crippen LogP contribution in [0.3, 0.4) is 0 Å². The molecule has 8 heavy (non-hydrogen) atoms. The van der Waals surface area contributed by atoms with Gasteiger partial charge in [-0.1, -0.05) is 6.08 Å². The first kappa shape index (κ1) is 5.09. The fourth-order valence-electron chi connectivity index (χ4n) is 0.535. The number of rotatable bonds is 1. The zero-order chi connectivity index (χ0) is 5.82. The van der Waals surface area contributed by atoms with E-state index in [2.05, 4.69) is 10.2 Å². The summed E-state index contributed by atoms with van der Waals surface area (Å²) in [6.45, 7) is 1.97. The van der Waals surface area contributed by atoms with Crippen molar-refractivity contribution in [1.29, 1.82) is 0 Å². The van der Waals surface area contributed by atoms with Gasteiger partial charge in [0.1, 0.15) is 0 Å². The van der Waals surface area contributed by atoms with Crippen molar-refractivity contribution in [3.63, 3.8) is 0 Å². The van der Waals surface area contributed by atoms with E-state index in [1.807, 2.05) is 25.1 Å². The molecule has 1 heterocycles. The van der Waals surface area contributed by atoms with E-state index in [4.69, 9.17) is 0 Å². The molecule has 42 valence electrons. The first-order chi connectivity index (χ1) is 3.93. The summed E-state index contributed by atoms with van der Waals surface area (Å²) in [4.78, 5) is 0. The van der Waals surface area contributed by atoms with E-state index >= 15 is 0 Å². The summed E-state index contributed by atoms with van der Waals surface area (Å²) in [5, 5.41) is 6.61. The number of hydrogen-bond acceptors (Lipinski definition) is 1. The molecule has 0 radical (unpaired) electrons. The summed E-state index contributed by atoms with van der Waals surface area (Å²) >= 11 is 0. The molecule has 0 aromatic carbocycles. The molecule has 0 saturated carbocycles. The van der Waals surface area contributed by atoms with Gasteiger partial charge in [-0.15, -0.1) is 0 Å². The minimum absolute atomic E-state index is 0.979. The van der Waals surface area contributed by atoms with Crippen LogP contribution in [-0.4, -0.2) is 10.2 Å². The van der Waals surface area contributed by atoms with Crippen molar-refractivity contribution in [3.05, 3.63) is 24.0 Å². The van der Waals surface area contributed by atoms with E-state index in [-0.39, 0.29) is 0 Å². The maximum Gasteiger partial charge on any atom is 0.0845 e. The van der Waals surface area contributed by atoms with Gasteiger partial charge in [0.15, 0.2) is 0 Å². The van der Waals surface area contributed by atoms with Gasteiger partial charge in [0.05, 0.1) is 5.69 Å². The lowest BCUT2D eigenvalue weighted by molar-refractivity contribution is 1.08. The van der Waals surface area contributed by atoms with Crippen molar-refractivity contribution in [1.82, 2.24) is 10.2 Å². The lowest BCUT2D eigenvalue weighted by Gasteiger charge is -1.73. The van der Waals surface area contributed by atoms with Crippen LogP contribution in [0.1, 0.15) is 12.6 Å². The number of nitrogens with zero attached hydrogens (tertiary/aromatic N) is 1. The fraction of sp³-hybridized carbons (Fsp3) is 0.167. The van der Waals surface area contributed by atoms with Crippen LogP contribution in [0.15, 0.2) is 18.3 Å². The second-order valence-electron chi connectivity index (χ2n) is 1.50. The number of allylic oxidation sites excluding steroid dienone is 1. The molecule has 1 aromatic rings. The Morgan fingerprint density at radius 1 is 1.75 bits per heavy atom. The highest BCUT2D eigenvalue weighted by molar-refractivity contribution is 5.42. The summed E-state index contributed by atoms with van der Waals surface area (Å²) in [5.41, 5.74) is 0.979. The van der Waals surface area contributed by atoms with E-state index in [0.717, 1.165) is 5.69 Å². The molecule has 0 amide bonds. The number of aromatic nitrogens is 2. The minimum Gasteiger partial charge on any atom is -0.285 e. The van der Waals surface area contributed by atoms with Crippen LogP contribution < -0.4 is 0 Å². The van der Waals surface area contributed by atoms with Crippen molar-refractivity contribution < 1.29 is 0 Å². The Balaban J connectivity index is 2.77. The largest absolute Gasteiger partial charge is 0.285 e. The molecule has 2 nitrogen and oxygen atoms in total. The van der Waals surface area contributed by atoms with Gasteiger partial charge in [-0.3, -0.25) is 5.10 Å². The second kappa shape index (κ2) is 2.31. The average Bonchev–Trinajstić information content (AvgIpc) is 2.19. The third-order valence-corrected chi connectivity index (χ3v) is 0.860. The van der Waals surface area contributed by atoms with Crippen LogP contribution in [0.25, 0.3) is 6.08 Å². The quantitative estimate of drug-likeness (QED) is 0.579. The van der Waals surface area contributed by atoms with Gasteiger partial charge in [-0.25, -0.2) is 0 Å². The normalized spacial score (nSPS) is 10.6. The van der Waals surface area contributed by atoms with Crippen molar-refractivity contribution >= 4 is 6.08 Å². The van der Waals surface area contributed by atoms with Gasteiger partial charge in [0.25, 0.3) is 0 Å². The second-order valence-corrected chi connectivity index (χ2v) is 1.50. The SMILES string of the molecule is C/C=C/c1cc[nH]n1. The van der Waals surface area contributed by atoms with E-state index in [9.17, 15) is 0 Å². The molecule has 2 heteroatoms. The van der Waals surface area contributed by atoms with E-state index in [1.165, 1.54) is 0 Å². The van der Waals surface area contributed by atoms with Gasteiger partial charge in [0, 0.05) is 6.20 Å². The maximum atomic E-state index is 3.89. The average molecular weight is 108 g/mol. The van der Waals surface area contributed by atoms with Crippen LogP contribution in [0.4, 0.5) is 0 Å². The minimum atomic E-state index is 0.979. The van der Waals surface area contributed by atoms with Crippen molar-refractivity contribution in [2.75, 3.05) is 0 Å². The molecular weight excluding hydrogens is 100 g/mol. The Bertz CT molecular complexity index is 163. The Kier molecular flexibility index (Phi) is 1.47. The van der Waals surface area contributed by atoms with Gasteiger partial charge >= 0.3 is 0 Å². The van der Waals surface area contributed by atoms with Gasteiger partial charge in [0.2, 0.25) is 0 Å². The van der Waals surface area contributed by atoms with Crippen molar-refractivity contribution in [2.45, 2.75) is 6.92 Å². The lowest BCUT2D eigenvalue weighted by Crippen LogP contribution is -1.67. The molecule has 0 spiro atoms. The Morgan fingerprint density at radius 2 is 2.62 bits per heavy atom. The zero-order valence-corrected chi connectivity index (χ0v) is 4.76. The fourth-order valence-corrected chi connectivity index (χ4v) is 0.535. The highest BCUT2D eigenvalue weighted by Crippen LogP contribution is 1.92. The molecule has 0 aliphatic rings. The third-order valence-electron chi connectivity index (χ3n) is 0.860.